The van der Waals surface area contributed by atoms with E-state index in [0.717, 1.165) is 35.2 Å². The summed E-state index contributed by atoms with van der Waals surface area (Å²) in [6.45, 7) is 2.20. The Labute approximate surface area is 241 Å². The third kappa shape index (κ3) is 8.55. The molecule has 0 saturated carbocycles. The molecule has 1 aromatic heterocycles. The third-order valence-electron chi connectivity index (χ3n) is 6.35. The van der Waals surface area contributed by atoms with Gasteiger partial charge in [-0.3, -0.25) is 9.48 Å². The van der Waals surface area contributed by atoms with Crippen LogP contribution >= 0.6 is 0 Å². The third-order valence-corrected chi connectivity index (χ3v) is 6.35. The van der Waals surface area contributed by atoms with E-state index < -0.39 is 0 Å². The molecule has 41 heavy (non-hydrogen) atoms. The number of aliphatic imine (C=N–C) groups is 1. The second-order valence-electron chi connectivity index (χ2n) is 10.2. The van der Waals surface area contributed by atoms with Gasteiger partial charge in [0.15, 0.2) is 0 Å². The van der Waals surface area contributed by atoms with Crippen LogP contribution in [0.2, 0.25) is 0 Å². The van der Waals surface area contributed by atoms with E-state index in [0.29, 0.717) is 35.2 Å². The molecule has 0 bridgehead atoms. The topological polar surface area (TPSA) is 142 Å². The molecule has 6 N–H and O–H groups in total. The molecule has 2 aromatic carbocycles. The zero-order valence-electron chi connectivity index (χ0n) is 25.0. The number of carbonyl (C=O) groups is 1. The lowest BCUT2D eigenvalue weighted by molar-refractivity contribution is -0.111. The van der Waals surface area contributed by atoms with Gasteiger partial charge < -0.3 is 35.9 Å². The van der Waals surface area contributed by atoms with Crippen LogP contribution in [0.25, 0.3) is 16.6 Å². The first kappa shape index (κ1) is 31.1. The standard InChI is InChI=1S/C29H42N10O2/c1-36(2)12-8-9-29(40)34-23-17-24(27(41-7)18-26(23)38(5)14-13-37(3)4)33-28(35-31)16-22(30)20-10-11-25-21(15-20)19-32-39(25)6/h8-11,15-19H,12-14,30-31H2,1-7H3,(H,33,35)(H,34,40)/b9-8+,22-16?. The molecular formula is C29H42N10O2. The number of hydrogen-bond donors (Lipinski definition) is 4. The van der Waals surface area contributed by atoms with Crippen LogP contribution in [0.1, 0.15) is 5.56 Å². The van der Waals surface area contributed by atoms with Crippen molar-refractivity contribution >= 4 is 45.4 Å². The molecule has 0 fully saturated rings. The minimum Gasteiger partial charge on any atom is -0.494 e. The number of benzene rings is 2. The maximum Gasteiger partial charge on any atom is 0.248 e. The van der Waals surface area contributed by atoms with E-state index in [1.54, 1.807) is 36.2 Å². The Kier molecular flexibility index (Phi) is 10.9. The van der Waals surface area contributed by atoms with Gasteiger partial charge in [0.2, 0.25) is 5.91 Å². The fraction of sp³-hybridized carbons (Fsp3) is 0.345. The summed E-state index contributed by atoms with van der Waals surface area (Å²) in [5, 5.41) is 8.25. The summed E-state index contributed by atoms with van der Waals surface area (Å²) in [6.07, 6.45) is 6.76. The van der Waals surface area contributed by atoms with Crippen molar-refractivity contribution < 1.29 is 9.53 Å². The van der Waals surface area contributed by atoms with Crippen molar-refractivity contribution in [1.29, 1.82) is 0 Å². The van der Waals surface area contributed by atoms with E-state index in [2.05, 4.69) is 30.6 Å². The van der Waals surface area contributed by atoms with Gasteiger partial charge in [-0.05, 0) is 52.0 Å². The number of amidine groups is 1. The summed E-state index contributed by atoms with van der Waals surface area (Å²) in [4.78, 5) is 23.6. The number of aryl methyl sites for hydroxylation is 1. The number of carbonyl (C=O) groups excluding carboxylic acids is 1. The first-order chi connectivity index (χ1) is 19.5. The predicted molar refractivity (Wildman–Crippen MR) is 168 cm³/mol. The number of hydrazine groups is 1. The van der Waals surface area contributed by atoms with E-state index in [9.17, 15) is 4.79 Å². The number of likely N-dealkylation sites (N-methyl/N-ethyl adjacent to an activating group) is 3. The Morgan fingerprint density at radius 1 is 1.12 bits per heavy atom. The zero-order chi connectivity index (χ0) is 30.1. The Bertz CT molecular complexity index is 1440. The molecule has 0 aliphatic heterocycles. The van der Waals surface area contributed by atoms with E-state index in [4.69, 9.17) is 16.3 Å². The van der Waals surface area contributed by atoms with Crippen molar-refractivity contribution in [1.82, 2.24) is 25.0 Å². The quantitative estimate of drug-likeness (QED) is 0.0858. The van der Waals surface area contributed by atoms with Gasteiger partial charge in [0.1, 0.15) is 17.3 Å². The summed E-state index contributed by atoms with van der Waals surface area (Å²) in [6, 6.07) is 9.45. The Balaban J connectivity index is 2.01. The number of nitrogens with two attached hydrogens (primary N) is 2. The number of nitrogens with zero attached hydrogens (tertiary/aromatic N) is 6. The zero-order valence-corrected chi connectivity index (χ0v) is 25.0. The monoisotopic (exact) mass is 562 g/mol. The number of aromatic nitrogens is 2. The number of fused-ring (bicyclic) bond motifs is 1. The highest BCUT2D eigenvalue weighted by atomic mass is 16.5. The van der Waals surface area contributed by atoms with E-state index >= 15 is 0 Å². The minimum atomic E-state index is -0.249. The maximum atomic E-state index is 12.8. The summed E-state index contributed by atoms with van der Waals surface area (Å²) in [5.74, 6) is 6.41. The largest absolute Gasteiger partial charge is 0.494 e. The molecule has 0 atom stereocenters. The number of rotatable bonds is 12. The molecule has 3 aromatic rings. The molecule has 12 nitrogen and oxygen atoms in total. The van der Waals surface area contributed by atoms with Gasteiger partial charge >= 0.3 is 0 Å². The van der Waals surface area contributed by atoms with Crippen LogP contribution in [-0.2, 0) is 11.8 Å². The molecule has 3 rings (SSSR count). The Hall–Kier alpha value is -4.39. The van der Waals surface area contributed by atoms with E-state index in [-0.39, 0.29) is 5.91 Å². The molecule has 12 heteroatoms. The van der Waals surface area contributed by atoms with Gasteiger partial charge in [-0.15, -0.1) is 0 Å². The van der Waals surface area contributed by atoms with Gasteiger partial charge in [-0.2, -0.15) is 5.10 Å². The molecule has 220 valence electrons. The number of hydrogen-bond acceptors (Lipinski definition) is 9. The molecule has 0 spiro atoms. The number of anilines is 2. The Morgan fingerprint density at radius 3 is 2.54 bits per heavy atom. The fourth-order valence-electron chi connectivity index (χ4n) is 4.05. The van der Waals surface area contributed by atoms with Gasteiger partial charge in [0, 0.05) is 63.0 Å². The first-order valence-corrected chi connectivity index (χ1v) is 13.2. The molecule has 0 aliphatic carbocycles. The van der Waals surface area contributed by atoms with E-state index in [1.807, 2.05) is 71.5 Å². The Morgan fingerprint density at radius 2 is 1.88 bits per heavy atom. The lowest BCUT2D eigenvalue weighted by Crippen LogP contribution is -2.29. The molecule has 0 radical (unpaired) electrons. The fourth-order valence-corrected chi connectivity index (χ4v) is 4.05. The van der Waals surface area contributed by atoms with Crippen molar-refractivity contribution in [3.8, 4) is 5.75 Å². The number of methoxy groups -OCH3 is 1. The first-order valence-electron chi connectivity index (χ1n) is 13.2. The van der Waals surface area contributed by atoms with Crippen molar-refractivity contribution in [3.63, 3.8) is 0 Å². The van der Waals surface area contributed by atoms with E-state index in [1.165, 1.54) is 6.08 Å². The predicted octanol–water partition coefficient (Wildman–Crippen LogP) is 2.13. The minimum absolute atomic E-state index is 0.249. The molecular weight excluding hydrogens is 520 g/mol. The summed E-state index contributed by atoms with van der Waals surface area (Å²) < 4.78 is 7.49. The van der Waals surface area contributed by atoms with Crippen LogP contribution in [0, 0.1) is 0 Å². The van der Waals surface area contributed by atoms with Crippen LogP contribution in [0.15, 0.2) is 59.7 Å². The van der Waals surface area contributed by atoms with Crippen molar-refractivity contribution in [2.45, 2.75) is 0 Å². The highest BCUT2D eigenvalue weighted by Gasteiger charge is 2.16. The lowest BCUT2D eigenvalue weighted by Gasteiger charge is -2.25. The van der Waals surface area contributed by atoms with Crippen molar-refractivity contribution in [2.24, 2.45) is 23.6 Å². The summed E-state index contributed by atoms with van der Waals surface area (Å²) >= 11 is 0. The van der Waals surface area contributed by atoms with Crippen molar-refractivity contribution in [2.75, 3.05) is 72.2 Å². The van der Waals surface area contributed by atoms with Crippen LogP contribution in [0.3, 0.4) is 0 Å². The maximum absolute atomic E-state index is 12.8. The second kappa shape index (κ2) is 14.3. The summed E-state index contributed by atoms with van der Waals surface area (Å²) in [5.41, 5.74) is 13.1. The smallest absolute Gasteiger partial charge is 0.248 e. The average Bonchev–Trinajstić information content (AvgIpc) is 3.30. The van der Waals surface area contributed by atoms with Gasteiger partial charge in [0.25, 0.3) is 0 Å². The van der Waals surface area contributed by atoms with Crippen LogP contribution in [0.5, 0.6) is 5.75 Å². The number of amides is 1. The second-order valence-corrected chi connectivity index (χ2v) is 10.2. The van der Waals surface area contributed by atoms with Crippen LogP contribution in [-0.4, -0.2) is 93.3 Å². The number of ether oxygens (including phenoxy) is 1. The van der Waals surface area contributed by atoms with Gasteiger partial charge in [0.05, 0.1) is 30.2 Å². The van der Waals surface area contributed by atoms with Gasteiger partial charge in [-0.1, -0.05) is 12.1 Å². The average molecular weight is 563 g/mol. The van der Waals surface area contributed by atoms with Crippen LogP contribution < -0.4 is 32.0 Å². The SMILES string of the molecule is COc1cc(N(C)CCN(C)C)c(NC(=O)/C=C/CN(C)C)cc1N=C(C=C(N)c1ccc2c(cnn2C)c1)NN. The highest BCUT2D eigenvalue weighted by molar-refractivity contribution is 6.04. The highest BCUT2D eigenvalue weighted by Crippen LogP contribution is 2.38. The molecule has 1 heterocycles. The van der Waals surface area contributed by atoms with Crippen LogP contribution in [0.4, 0.5) is 17.1 Å². The molecule has 0 unspecified atom stereocenters. The lowest BCUT2D eigenvalue weighted by atomic mass is 10.1. The normalized spacial score (nSPS) is 12.5. The van der Waals surface area contributed by atoms with Crippen molar-refractivity contribution in [3.05, 3.63) is 60.3 Å². The number of nitrogens with one attached hydrogen (secondary N) is 2. The van der Waals surface area contributed by atoms with Gasteiger partial charge in [-0.25, -0.2) is 10.8 Å². The molecule has 0 aliphatic rings. The molecule has 1 amide bonds. The molecule has 0 saturated heterocycles. The summed E-state index contributed by atoms with van der Waals surface area (Å²) in [7, 11) is 13.3.